The molecule has 1 aromatic heterocycles. The number of hydrogen-bond donors (Lipinski definition) is 1. The van der Waals surface area contributed by atoms with E-state index in [2.05, 4.69) is 20.0 Å². The van der Waals surface area contributed by atoms with Crippen LogP contribution in [0.2, 0.25) is 0 Å². The number of nitrogens with one attached hydrogen (secondary N) is 1. The highest BCUT2D eigenvalue weighted by Gasteiger charge is 2.27. The second-order valence-electron chi connectivity index (χ2n) is 3.40. The molecule has 0 atom stereocenters. The fourth-order valence-corrected chi connectivity index (χ4v) is 1.13. The Morgan fingerprint density at radius 3 is 2.82 bits per heavy atom. The van der Waals surface area contributed by atoms with Crippen LogP contribution in [0.1, 0.15) is 12.1 Å². The fourth-order valence-electron chi connectivity index (χ4n) is 1.13. The molecule has 0 spiro atoms. The Hall–Kier alpha value is -1.21. The van der Waals surface area contributed by atoms with E-state index in [1.807, 2.05) is 0 Å². The summed E-state index contributed by atoms with van der Waals surface area (Å²) in [4.78, 5) is 7.76. The van der Waals surface area contributed by atoms with Crippen molar-refractivity contribution >= 4 is 0 Å². The number of rotatable bonds is 7. The summed E-state index contributed by atoms with van der Waals surface area (Å²) < 4.78 is 39.6. The van der Waals surface area contributed by atoms with E-state index < -0.39 is 12.8 Å². The molecule has 17 heavy (non-hydrogen) atoms. The molecule has 0 bridgehead atoms. The maximum Gasteiger partial charge on any atom is 0.411 e. The molecular formula is C10H14F3N3O. The third-order valence-electron chi connectivity index (χ3n) is 1.86. The van der Waals surface area contributed by atoms with Crippen LogP contribution in [0.3, 0.4) is 0 Å². The van der Waals surface area contributed by atoms with Crippen LogP contribution in [-0.4, -0.2) is 35.9 Å². The Morgan fingerprint density at radius 1 is 1.35 bits per heavy atom. The largest absolute Gasteiger partial charge is 0.411 e. The first kappa shape index (κ1) is 13.9. The lowest BCUT2D eigenvalue weighted by molar-refractivity contribution is -0.173. The molecule has 0 unspecified atom stereocenters. The second kappa shape index (κ2) is 7.18. The van der Waals surface area contributed by atoms with E-state index in [1.54, 1.807) is 12.3 Å². The summed E-state index contributed by atoms with van der Waals surface area (Å²) in [6, 6.07) is 1.77. The molecule has 0 fully saturated rings. The number of nitrogens with zero attached hydrogens (tertiary/aromatic N) is 2. The van der Waals surface area contributed by atoms with Crippen molar-refractivity contribution in [1.82, 2.24) is 15.3 Å². The van der Waals surface area contributed by atoms with E-state index in [0.29, 0.717) is 19.5 Å². The standard InChI is InChI=1S/C10H14F3N3O/c11-10(12,13)7-17-5-1-3-14-6-9-2-4-15-8-16-9/h2,4,8,14H,1,3,5-7H2. The monoisotopic (exact) mass is 249 g/mol. The number of halogens is 3. The predicted octanol–water partition coefficient (Wildman–Crippen LogP) is 1.54. The summed E-state index contributed by atoms with van der Waals surface area (Å²) in [5.74, 6) is 0. The van der Waals surface area contributed by atoms with Gasteiger partial charge in [-0.25, -0.2) is 9.97 Å². The van der Waals surface area contributed by atoms with Crippen LogP contribution in [0.4, 0.5) is 13.2 Å². The van der Waals surface area contributed by atoms with Crippen LogP contribution in [0.5, 0.6) is 0 Å². The lowest BCUT2D eigenvalue weighted by atomic mass is 10.4. The van der Waals surface area contributed by atoms with Gasteiger partial charge in [0.25, 0.3) is 0 Å². The van der Waals surface area contributed by atoms with Gasteiger partial charge < -0.3 is 10.1 Å². The van der Waals surface area contributed by atoms with E-state index in [-0.39, 0.29) is 6.61 Å². The molecule has 1 heterocycles. The van der Waals surface area contributed by atoms with Crippen molar-refractivity contribution in [3.8, 4) is 0 Å². The SMILES string of the molecule is FC(F)(F)COCCCNCc1ccncn1. The number of hydrogen-bond acceptors (Lipinski definition) is 4. The quantitative estimate of drug-likeness (QED) is 0.744. The molecule has 0 amide bonds. The highest BCUT2D eigenvalue weighted by atomic mass is 19.4. The first-order valence-corrected chi connectivity index (χ1v) is 5.18. The van der Waals surface area contributed by atoms with Crippen molar-refractivity contribution in [2.75, 3.05) is 19.8 Å². The average Bonchev–Trinajstić information content (AvgIpc) is 2.28. The molecule has 0 aromatic carbocycles. The van der Waals surface area contributed by atoms with E-state index in [1.165, 1.54) is 6.33 Å². The highest BCUT2D eigenvalue weighted by molar-refractivity contribution is 4.96. The Kier molecular flexibility index (Phi) is 5.85. The summed E-state index contributed by atoms with van der Waals surface area (Å²) in [5.41, 5.74) is 0.844. The molecule has 0 radical (unpaired) electrons. The first-order chi connectivity index (χ1) is 8.08. The van der Waals surface area contributed by atoms with Crippen molar-refractivity contribution in [3.63, 3.8) is 0 Å². The fraction of sp³-hybridized carbons (Fsp3) is 0.600. The minimum Gasteiger partial charge on any atom is -0.372 e. The Morgan fingerprint density at radius 2 is 2.18 bits per heavy atom. The third-order valence-corrected chi connectivity index (χ3v) is 1.86. The Labute approximate surface area is 97.2 Å². The predicted molar refractivity (Wildman–Crippen MR) is 55.2 cm³/mol. The average molecular weight is 249 g/mol. The van der Waals surface area contributed by atoms with Gasteiger partial charge in [0.2, 0.25) is 0 Å². The topological polar surface area (TPSA) is 47.0 Å². The van der Waals surface area contributed by atoms with Gasteiger partial charge in [-0.3, -0.25) is 0 Å². The number of aromatic nitrogens is 2. The van der Waals surface area contributed by atoms with Crippen molar-refractivity contribution in [3.05, 3.63) is 24.3 Å². The normalized spacial score (nSPS) is 11.7. The molecular weight excluding hydrogens is 235 g/mol. The molecule has 0 aliphatic carbocycles. The zero-order valence-corrected chi connectivity index (χ0v) is 9.20. The van der Waals surface area contributed by atoms with Crippen LogP contribution >= 0.6 is 0 Å². The van der Waals surface area contributed by atoms with Gasteiger partial charge >= 0.3 is 6.18 Å². The van der Waals surface area contributed by atoms with E-state index in [9.17, 15) is 13.2 Å². The molecule has 0 saturated carbocycles. The van der Waals surface area contributed by atoms with Gasteiger partial charge in [0.05, 0.1) is 5.69 Å². The van der Waals surface area contributed by atoms with Crippen LogP contribution in [0.25, 0.3) is 0 Å². The van der Waals surface area contributed by atoms with Crippen molar-refractivity contribution in [2.24, 2.45) is 0 Å². The highest BCUT2D eigenvalue weighted by Crippen LogP contribution is 2.14. The van der Waals surface area contributed by atoms with Crippen LogP contribution in [0.15, 0.2) is 18.6 Å². The van der Waals surface area contributed by atoms with Crippen molar-refractivity contribution in [1.29, 1.82) is 0 Å². The van der Waals surface area contributed by atoms with E-state index in [0.717, 1.165) is 5.69 Å². The molecule has 96 valence electrons. The second-order valence-corrected chi connectivity index (χ2v) is 3.40. The van der Waals surface area contributed by atoms with Gasteiger partial charge in [-0.2, -0.15) is 13.2 Å². The summed E-state index contributed by atoms with van der Waals surface area (Å²) in [7, 11) is 0. The maximum atomic E-state index is 11.7. The third kappa shape index (κ3) is 7.64. The molecule has 0 aliphatic heterocycles. The Balaban J connectivity index is 1.95. The minimum absolute atomic E-state index is 0.0935. The van der Waals surface area contributed by atoms with Gasteiger partial charge in [0, 0.05) is 19.3 Å². The van der Waals surface area contributed by atoms with E-state index >= 15 is 0 Å². The van der Waals surface area contributed by atoms with Crippen LogP contribution in [0, 0.1) is 0 Å². The van der Waals surface area contributed by atoms with Crippen LogP contribution < -0.4 is 5.32 Å². The molecule has 0 saturated heterocycles. The van der Waals surface area contributed by atoms with Gasteiger partial charge in [0.1, 0.15) is 12.9 Å². The molecule has 7 heteroatoms. The summed E-state index contributed by atoms with van der Waals surface area (Å²) in [6.07, 6.45) is -0.630. The molecule has 4 nitrogen and oxygen atoms in total. The lowest BCUT2D eigenvalue weighted by Gasteiger charge is -2.07. The van der Waals surface area contributed by atoms with Gasteiger partial charge in [-0.15, -0.1) is 0 Å². The zero-order valence-electron chi connectivity index (χ0n) is 9.20. The molecule has 1 rings (SSSR count). The lowest BCUT2D eigenvalue weighted by Crippen LogP contribution is -2.20. The zero-order chi connectivity index (χ0) is 12.6. The number of ether oxygens (including phenoxy) is 1. The molecule has 1 N–H and O–H groups in total. The smallest absolute Gasteiger partial charge is 0.372 e. The molecule has 1 aromatic rings. The summed E-state index contributed by atoms with van der Waals surface area (Å²) >= 11 is 0. The minimum atomic E-state index is -4.24. The van der Waals surface area contributed by atoms with Gasteiger partial charge in [-0.05, 0) is 19.0 Å². The van der Waals surface area contributed by atoms with Crippen molar-refractivity contribution < 1.29 is 17.9 Å². The van der Waals surface area contributed by atoms with E-state index in [4.69, 9.17) is 0 Å². The van der Waals surface area contributed by atoms with Gasteiger partial charge in [0.15, 0.2) is 0 Å². The van der Waals surface area contributed by atoms with Crippen LogP contribution in [-0.2, 0) is 11.3 Å². The summed E-state index contributed by atoms with van der Waals surface area (Å²) in [5, 5.41) is 3.05. The maximum absolute atomic E-state index is 11.7. The van der Waals surface area contributed by atoms with Gasteiger partial charge in [-0.1, -0.05) is 0 Å². The van der Waals surface area contributed by atoms with Crippen molar-refractivity contribution in [2.45, 2.75) is 19.1 Å². The molecule has 0 aliphatic rings. The Bertz CT molecular complexity index is 305. The first-order valence-electron chi connectivity index (χ1n) is 5.18. The summed E-state index contributed by atoms with van der Waals surface area (Å²) in [6.45, 7) is 0.0683. The number of alkyl halides is 3.